The first kappa shape index (κ1) is 55.9. The first-order chi connectivity index (χ1) is 28.9. The van der Waals surface area contributed by atoms with Gasteiger partial charge >= 0.3 is 17.9 Å². The molecule has 7 atom stereocenters. The second kappa shape index (κ2) is 29.2. The van der Waals surface area contributed by atoms with E-state index in [1.165, 1.54) is 6.92 Å². The van der Waals surface area contributed by atoms with E-state index in [1.807, 2.05) is 0 Å². The molecule has 0 fully saturated rings. The maximum Gasteiger partial charge on any atom is 0.326 e. The molecule has 0 aromatic rings. The molecule has 0 radical (unpaired) electrons. The molecule has 0 aliphatic carbocycles. The average Bonchev–Trinajstić information content (AvgIpc) is 3.16. The van der Waals surface area contributed by atoms with E-state index >= 15 is 0 Å². The van der Waals surface area contributed by atoms with Gasteiger partial charge in [-0.05, 0) is 70.3 Å². The van der Waals surface area contributed by atoms with E-state index in [0.717, 1.165) is 0 Å². The van der Waals surface area contributed by atoms with Gasteiger partial charge in [-0.25, -0.2) is 4.79 Å². The number of carbonyl (C=O) groups is 10. The van der Waals surface area contributed by atoms with Crippen LogP contribution in [0.15, 0.2) is 4.99 Å². The summed E-state index contributed by atoms with van der Waals surface area (Å²) < 4.78 is 0. The molecule has 7 amide bonds. The molecule has 0 rings (SSSR count). The molecule has 0 unspecified atom stereocenters. The van der Waals surface area contributed by atoms with Gasteiger partial charge in [-0.15, -0.1) is 0 Å². The van der Waals surface area contributed by atoms with Crippen molar-refractivity contribution in [2.45, 2.75) is 135 Å². The van der Waals surface area contributed by atoms with Gasteiger partial charge in [-0.2, -0.15) is 0 Å². The van der Waals surface area contributed by atoms with Gasteiger partial charge in [0.05, 0.1) is 19.0 Å². The number of rotatable bonds is 31. The summed E-state index contributed by atoms with van der Waals surface area (Å²) in [5.41, 5.74) is 22.0. The Bertz CT molecular complexity index is 1590. The van der Waals surface area contributed by atoms with E-state index in [0.29, 0.717) is 12.8 Å². The molecule has 25 heteroatoms. The molecule has 0 aromatic carbocycles. The maximum absolute atomic E-state index is 13.6. The van der Waals surface area contributed by atoms with Crippen molar-refractivity contribution in [2.75, 3.05) is 19.6 Å². The van der Waals surface area contributed by atoms with Crippen LogP contribution in [0.1, 0.15) is 92.4 Å². The molecule has 62 heavy (non-hydrogen) atoms. The number of aliphatic carboxylic acids is 3. The lowest BCUT2D eigenvalue weighted by Gasteiger charge is -2.27. The summed E-state index contributed by atoms with van der Waals surface area (Å²) in [6, 6.07) is -9.45. The Hall–Kier alpha value is -6.11. The lowest BCUT2D eigenvalue weighted by atomic mass is 10.0. The normalized spacial score (nSPS) is 14.3. The molecule has 0 spiro atoms. The van der Waals surface area contributed by atoms with Crippen LogP contribution >= 0.6 is 0 Å². The van der Waals surface area contributed by atoms with E-state index in [9.17, 15) is 58.2 Å². The number of hydrogen-bond donors (Lipinski definition) is 14. The minimum absolute atomic E-state index is 0.00778. The van der Waals surface area contributed by atoms with Crippen molar-refractivity contribution in [3.63, 3.8) is 0 Å². The predicted molar refractivity (Wildman–Crippen MR) is 222 cm³/mol. The quantitative estimate of drug-likeness (QED) is 0.0178. The third-order valence-electron chi connectivity index (χ3n) is 8.87. The summed E-state index contributed by atoms with van der Waals surface area (Å²) >= 11 is 0. The van der Waals surface area contributed by atoms with Gasteiger partial charge in [-0.1, -0.05) is 27.7 Å². The highest BCUT2D eigenvalue weighted by molar-refractivity contribution is 5.97. The first-order valence-corrected chi connectivity index (χ1v) is 20.2. The Morgan fingerprint density at radius 1 is 0.581 bits per heavy atom. The Labute approximate surface area is 359 Å². The van der Waals surface area contributed by atoms with Crippen LogP contribution in [0.5, 0.6) is 0 Å². The Balaban J connectivity index is 6.23. The number of unbranched alkanes of at least 4 members (excludes halogenated alkanes) is 1. The number of carboxylic acids is 3. The zero-order chi connectivity index (χ0) is 47.7. The monoisotopic (exact) mass is 886 g/mol. The Morgan fingerprint density at radius 3 is 1.58 bits per heavy atom. The van der Waals surface area contributed by atoms with Crippen molar-refractivity contribution in [1.82, 2.24) is 37.2 Å². The minimum Gasteiger partial charge on any atom is -0.481 e. The van der Waals surface area contributed by atoms with Crippen LogP contribution < -0.4 is 60.2 Å². The van der Waals surface area contributed by atoms with E-state index in [1.54, 1.807) is 27.7 Å². The fraction of sp³-hybridized carbons (Fsp3) is 0.703. The van der Waals surface area contributed by atoms with E-state index in [2.05, 4.69) is 42.2 Å². The van der Waals surface area contributed by atoms with Crippen molar-refractivity contribution in [3.8, 4) is 0 Å². The fourth-order valence-corrected chi connectivity index (χ4v) is 5.58. The van der Waals surface area contributed by atoms with Crippen molar-refractivity contribution in [1.29, 1.82) is 0 Å². The molecule has 0 aliphatic rings. The Morgan fingerprint density at radius 2 is 1.10 bits per heavy atom. The van der Waals surface area contributed by atoms with Crippen LogP contribution in [0, 0.1) is 11.8 Å². The second-order valence-electron chi connectivity index (χ2n) is 15.3. The first-order valence-electron chi connectivity index (χ1n) is 20.2. The molecular formula is C37H66N12O13. The molecule has 0 aromatic heterocycles. The second-order valence-corrected chi connectivity index (χ2v) is 15.3. The van der Waals surface area contributed by atoms with Crippen LogP contribution in [0.25, 0.3) is 0 Å². The topological polar surface area (TPSA) is 432 Å². The zero-order valence-electron chi connectivity index (χ0n) is 35.9. The highest BCUT2D eigenvalue weighted by atomic mass is 16.4. The fourth-order valence-electron chi connectivity index (χ4n) is 5.58. The largest absolute Gasteiger partial charge is 0.481 e. The zero-order valence-corrected chi connectivity index (χ0v) is 35.9. The smallest absolute Gasteiger partial charge is 0.326 e. The lowest BCUT2D eigenvalue weighted by molar-refractivity contribution is -0.147. The number of nitrogens with zero attached hydrogens (tertiary/aromatic N) is 1. The van der Waals surface area contributed by atoms with Gasteiger partial charge in [0.25, 0.3) is 0 Å². The number of hydrogen-bond acceptors (Lipinski definition) is 13. The number of aliphatic imine (C=N–C) groups is 1. The summed E-state index contributed by atoms with van der Waals surface area (Å²) in [5.74, 6) is -11.4. The van der Waals surface area contributed by atoms with E-state index < -0.39 is 133 Å². The molecule has 0 saturated carbocycles. The SMILES string of the molecule is CC(C)C[C@H](NC(=O)CNC(=O)[C@H](CCCN=C(N)N)NC(=O)[C@H](CCC(=O)O)NC(=O)[C@@H](NC(=O)[C@H](C)N)C(C)C)C(=O)N[C@@H](CCCCN)C(=O)N[C@@H](CC(=O)O)C(=O)O. The van der Waals surface area contributed by atoms with Gasteiger partial charge in [0.2, 0.25) is 41.4 Å². The van der Waals surface area contributed by atoms with Gasteiger partial charge in [0.1, 0.15) is 36.3 Å². The van der Waals surface area contributed by atoms with Crippen molar-refractivity contribution in [2.24, 2.45) is 39.8 Å². The molecule has 0 bridgehead atoms. The number of nitrogens with one attached hydrogen (secondary N) is 7. The summed E-state index contributed by atoms with van der Waals surface area (Å²) in [5, 5.41) is 44.7. The maximum atomic E-state index is 13.6. The van der Waals surface area contributed by atoms with Crippen LogP contribution in [0.2, 0.25) is 0 Å². The van der Waals surface area contributed by atoms with Crippen LogP contribution in [-0.2, 0) is 47.9 Å². The van der Waals surface area contributed by atoms with Crippen LogP contribution in [0.4, 0.5) is 0 Å². The van der Waals surface area contributed by atoms with Gasteiger partial charge in [-0.3, -0.25) is 48.1 Å². The standard InChI is InChI=1S/C37H66N12O13/c1-18(2)15-24(34(59)46-22(9-6-7-13-38)32(57)48-25(36(61)62)16-28(53)54)44-26(50)17-43-31(56)21(10-8-14-42-37(40)41)45-33(58)23(11-12-27(51)52)47-35(60)29(19(3)4)49-30(55)20(5)39/h18-25,29H,6-17,38-39H2,1-5H3,(H,43,56)(H,44,50)(H,45,58)(H,46,59)(H,47,60)(H,48,57)(H,49,55)(H,51,52)(H,53,54)(H,61,62)(H4,40,41,42)/t20-,21-,22-,23-,24-,25-,29-/m0/s1. The molecule has 0 saturated heterocycles. The average molecular weight is 887 g/mol. The third-order valence-corrected chi connectivity index (χ3v) is 8.87. The molecule has 25 nitrogen and oxygen atoms in total. The van der Waals surface area contributed by atoms with Crippen LogP contribution in [0.3, 0.4) is 0 Å². The number of guanidine groups is 1. The number of carbonyl (C=O) groups excluding carboxylic acids is 7. The number of nitrogens with two attached hydrogens (primary N) is 4. The molecule has 0 heterocycles. The number of amides is 7. The van der Waals surface area contributed by atoms with Gasteiger partial charge in [0, 0.05) is 13.0 Å². The molecule has 352 valence electrons. The summed E-state index contributed by atoms with van der Waals surface area (Å²) in [6.07, 6.45) is -1.13. The van der Waals surface area contributed by atoms with Gasteiger partial charge in [0.15, 0.2) is 5.96 Å². The van der Waals surface area contributed by atoms with Gasteiger partial charge < -0.3 is 75.5 Å². The van der Waals surface area contributed by atoms with Crippen LogP contribution in [-0.4, -0.2) is 142 Å². The Kier molecular flexibility index (Phi) is 26.3. The predicted octanol–water partition coefficient (Wildman–Crippen LogP) is -4.33. The number of carboxylic acid groups (broad SMARTS) is 3. The minimum atomic E-state index is -1.80. The molecule has 18 N–H and O–H groups in total. The van der Waals surface area contributed by atoms with E-state index in [4.69, 9.17) is 28.0 Å². The molecular weight excluding hydrogens is 820 g/mol. The highest BCUT2D eigenvalue weighted by Crippen LogP contribution is 2.10. The molecule has 0 aliphatic heterocycles. The van der Waals surface area contributed by atoms with Crippen molar-refractivity contribution in [3.05, 3.63) is 0 Å². The van der Waals surface area contributed by atoms with Crippen molar-refractivity contribution < 1.29 is 63.3 Å². The highest BCUT2D eigenvalue weighted by Gasteiger charge is 2.33. The third kappa shape index (κ3) is 23.6. The van der Waals surface area contributed by atoms with Crippen molar-refractivity contribution >= 4 is 65.2 Å². The summed E-state index contributed by atoms with van der Waals surface area (Å²) in [4.78, 5) is 131. The summed E-state index contributed by atoms with van der Waals surface area (Å²) in [7, 11) is 0. The van der Waals surface area contributed by atoms with E-state index in [-0.39, 0.29) is 50.7 Å². The summed E-state index contributed by atoms with van der Waals surface area (Å²) in [6.45, 7) is 7.65. The lowest BCUT2D eigenvalue weighted by Crippen LogP contribution is -2.59.